The fourth-order valence-corrected chi connectivity index (χ4v) is 2.59. The molecule has 7 nitrogen and oxygen atoms in total. The molecule has 0 spiro atoms. The molecule has 1 aliphatic carbocycles. The number of rotatable bonds is 7. The summed E-state index contributed by atoms with van der Waals surface area (Å²) in [5.74, 6) is -0.954. The van der Waals surface area contributed by atoms with Gasteiger partial charge >= 0.3 is 5.97 Å². The quantitative estimate of drug-likeness (QED) is 0.742. The third kappa shape index (κ3) is 3.38. The molecule has 0 atom stereocenters. The van der Waals surface area contributed by atoms with Crippen LogP contribution in [0.4, 0.5) is 0 Å². The average Bonchev–Trinajstić information content (AvgIpc) is 3.06. The van der Waals surface area contributed by atoms with E-state index in [0.29, 0.717) is 0 Å². The van der Waals surface area contributed by atoms with Gasteiger partial charge in [-0.3, -0.25) is 4.84 Å². The van der Waals surface area contributed by atoms with Gasteiger partial charge in [0.05, 0.1) is 6.61 Å². The molecule has 0 unspecified atom stereocenters. The first-order valence-corrected chi connectivity index (χ1v) is 7.88. The normalized spacial score (nSPS) is 15.8. The van der Waals surface area contributed by atoms with E-state index in [1.54, 1.807) is 0 Å². The van der Waals surface area contributed by atoms with Gasteiger partial charge in [-0.15, -0.1) is 0 Å². The van der Waals surface area contributed by atoms with Crippen LogP contribution < -0.4 is 4.89 Å². The molecule has 0 aliphatic heterocycles. The minimum atomic E-state index is -3.85. The molecular weight excluding hydrogens is 284 g/mol. The minimum Gasteiger partial charge on any atom is -0.477 e. The van der Waals surface area contributed by atoms with Crippen molar-refractivity contribution in [3.05, 3.63) is 18.0 Å². The van der Waals surface area contributed by atoms with Crippen LogP contribution in [0.5, 0.6) is 0 Å². The second-order valence-corrected chi connectivity index (χ2v) is 6.94. The highest BCUT2D eigenvalue weighted by Crippen LogP contribution is 2.37. The highest BCUT2D eigenvalue weighted by molar-refractivity contribution is 7.89. The van der Waals surface area contributed by atoms with Gasteiger partial charge < -0.3 is 9.67 Å². The fourth-order valence-electron chi connectivity index (χ4n) is 1.75. The van der Waals surface area contributed by atoms with Crippen LogP contribution in [0.3, 0.4) is 0 Å². The van der Waals surface area contributed by atoms with Gasteiger partial charge in [0.2, 0.25) is 0 Å². The molecule has 1 aromatic rings. The number of nitrogens with one attached hydrogen (secondary N) is 1. The van der Waals surface area contributed by atoms with Gasteiger partial charge in [0, 0.05) is 12.2 Å². The van der Waals surface area contributed by atoms with Crippen LogP contribution in [-0.4, -0.2) is 30.7 Å². The monoisotopic (exact) mass is 302 g/mol. The first-order valence-electron chi connectivity index (χ1n) is 6.40. The van der Waals surface area contributed by atoms with E-state index in [2.05, 4.69) is 0 Å². The first-order chi connectivity index (χ1) is 9.31. The highest BCUT2D eigenvalue weighted by Gasteiger charge is 2.30. The maximum absolute atomic E-state index is 12.0. The van der Waals surface area contributed by atoms with Crippen molar-refractivity contribution >= 4 is 16.0 Å². The maximum Gasteiger partial charge on any atom is 0.352 e. The summed E-state index contributed by atoms with van der Waals surface area (Å²) in [5, 5.41) is 9.10. The lowest BCUT2D eigenvalue weighted by Crippen LogP contribution is -2.25. The summed E-state index contributed by atoms with van der Waals surface area (Å²) in [7, 11) is -3.85. The van der Waals surface area contributed by atoms with Gasteiger partial charge in [0.25, 0.3) is 10.0 Å². The Bertz CT molecular complexity index is 601. The molecule has 0 saturated heterocycles. The summed E-state index contributed by atoms with van der Waals surface area (Å²) >= 11 is 0. The summed E-state index contributed by atoms with van der Waals surface area (Å²) in [4.78, 5) is 18.0. The number of aromatic carboxylic acids is 1. The van der Waals surface area contributed by atoms with Crippen LogP contribution in [0.2, 0.25) is 0 Å². The summed E-state index contributed by atoms with van der Waals surface area (Å²) in [6, 6.07) is 1.24. The van der Waals surface area contributed by atoms with Crippen LogP contribution in [0, 0.1) is 5.92 Å². The van der Waals surface area contributed by atoms with Crippen molar-refractivity contribution < 1.29 is 23.2 Å². The molecule has 1 aliphatic rings. The van der Waals surface area contributed by atoms with Gasteiger partial charge in [-0.25, -0.2) is 13.2 Å². The van der Waals surface area contributed by atoms with Crippen LogP contribution >= 0.6 is 0 Å². The molecule has 1 aromatic heterocycles. The van der Waals surface area contributed by atoms with Gasteiger partial charge in [0.1, 0.15) is 10.6 Å². The van der Waals surface area contributed by atoms with Crippen LogP contribution in [-0.2, 0) is 14.9 Å². The van der Waals surface area contributed by atoms with E-state index in [1.807, 2.05) is 18.7 Å². The second-order valence-electron chi connectivity index (χ2n) is 5.30. The molecule has 0 bridgehead atoms. The van der Waals surface area contributed by atoms with E-state index in [9.17, 15) is 13.2 Å². The molecule has 2 rings (SSSR count). The third-order valence-corrected chi connectivity index (χ3v) is 4.06. The van der Waals surface area contributed by atoms with Crippen molar-refractivity contribution in [2.45, 2.75) is 37.6 Å². The Balaban J connectivity index is 2.19. The van der Waals surface area contributed by atoms with Crippen molar-refractivity contribution in [2.24, 2.45) is 5.92 Å². The maximum atomic E-state index is 12.0. The smallest absolute Gasteiger partial charge is 0.352 e. The zero-order valence-electron chi connectivity index (χ0n) is 11.4. The lowest BCUT2D eigenvalue weighted by molar-refractivity contribution is 0.0685. The van der Waals surface area contributed by atoms with E-state index in [4.69, 9.17) is 9.94 Å². The van der Waals surface area contributed by atoms with E-state index < -0.39 is 16.0 Å². The summed E-state index contributed by atoms with van der Waals surface area (Å²) in [5.41, 5.74) is -0.0169. The van der Waals surface area contributed by atoms with E-state index in [1.165, 1.54) is 10.8 Å². The molecule has 1 heterocycles. The van der Waals surface area contributed by atoms with Crippen LogP contribution in [0.25, 0.3) is 0 Å². The molecule has 0 radical (unpaired) electrons. The van der Waals surface area contributed by atoms with Crippen molar-refractivity contribution in [1.29, 1.82) is 0 Å². The van der Waals surface area contributed by atoms with E-state index >= 15 is 0 Å². The molecule has 20 heavy (non-hydrogen) atoms. The zero-order chi connectivity index (χ0) is 14.9. The van der Waals surface area contributed by atoms with Gasteiger partial charge in [0.15, 0.2) is 0 Å². The van der Waals surface area contributed by atoms with E-state index in [0.717, 1.165) is 18.9 Å². The van der Waals surface area contributed by atoms with Crippen LogP contribution in [0.1, 0.15) is 43.2 Å². The van der Waals surface area contributed by atoms with Crippen molar-refractivity contribution in [2.75, 3.05) is 6.61 Å². The fraction of sp³-hybridized carbons (Fsp3) is 0.583. The van der Waals surface area contributed by atoms with Gasteiger partial charge in [-0.1, -0.05) is 18.7 Å². The number of hydrogen-bond donors (Lipinski definition) is 2. The lowest BCUT2D eigenvalue weighted by atomic mass is 10.2. The van der Waals surface area contributed by atoms with Crippen molar-refractivity contribution in [3.8, 4) is 0 Å². The largest absolute Gasteiger partial charge is 0.477 e. The number of carbonyl (C=O) groups is 1. The minimum absolute atomic E-state index is 0.0169. The van der Waals surface area contributed by atoms with Crippen molar-refractivity contribution in [1.82, 2.24) is 9.45 Å². The lowest BCUT2D eigenvalue weighted by Gasteiger charge is -2.07. The Hall–Kier alpha value is -1.38. The second kappa shape index (κ2) is 5.55. The molecule has 2 N–H and O–H groups in total. The SMILES string of the molecule is CC(C)CONS(=O)(=O)c1cc(C(=O)O)n(C2CC2)c1. The Morgan fingerprint density at radius 1 is 1.55 bits per heavy atom. The van der Waals surface area contributed by atoms with E-state index in [-0.39, 0.29) is 29.2 Å². The summed E-state index contributed by atoms with van der Waals surface area (Å²) in [6.45, 7) is 4.02. The number of sulfonamides is 1. The predicted octanol–water partition coefficient (Wildman–Crippen LogP) is 1.39. The molecule has 8 heteroatoms. The molecular formula is C12H18N2O5S. The number of hydrogen-bond acceptors (Lipinski definition) is 4. The number of carboxylic acids is 1. The molecule has 112 valence electrons. The van der Waals surface area contributed by atoms with Crippen molar-refractivity contribution in [3.63, 3.8) is 0 Å². The number of carboxylic acid groups (broad SMARTS) is 1. The Morgan fingerprint density at radius 3 is 2.70 bits per heavy atom. The third-order valence-electron chi connectivity index (χ3n) is 2.88. The summed E-state index contributed by atoms with van der Waals surface area (Å²) in [6.07, 6.45) is 3.08. The van der Waals surface area contributed by atoms with Crippen LogP contribution in [0.15, 0.2) is 17.2 Å². The first kappa shape index (κ1) is 15.0. The van der Waals surface area contributed by atoms with Gasteiger partial charge in [-0.2, -0.15) is 0 Å². The molecule has 0 aromatic carbocycles. The topological polar surface area (TPSA) is 97.6 Å². The molecule has 1 saturated carbocycles. The average molecular weight is 302 g/mol. The number of nitrogens with zero attached hydrogens (tertiary/aromatic N) is 1. The standard InChI is InChI=1S/C12H18N2O5S/c1-8(2)7-19-13-20(17,18)10-5-11(12(15)16)14(6-10)9-3-4-9/h5-6,8-9,13H,3-4,7H2,1-2H3,(H,15,16). The Labute approximate surface area is 117 Å². The predicted molar refractivity (Wildman–Crippen MR) is 70.8 cm³/mol. The zero-order valence-corrected chi connectivity index (χ0v) is 12.2. The Morgan fingerprint density at radius 2 is 2.20 bits per heavy atom. The summed E-state index contributed by atoms with van der Waals surface area (Å²) < 4.78 is 25.5. The number of aromatic nitrogens is 1. The molecule has 0 amide bonds. The molecule has 1 fully saturated rings. The highest BCUT2D eigenvalue weighted by atomic mass is 32.2. The Kier molecular flexibility index (Phi) is 4.17. The van der Waals surface area contributed by atoms with Gasteiger partial charge in [-0.05, 0) is 24.8 Å².